The second kappa shape index (κ2) is 6.66. The van der Waals surface area contributed by atoms with E-state index in [9.17, 15) is 5.11 Å². The lowest BCUT2D eigenvalue weighted by atomic mass is 9.98. The van der Waals surface area contributed by atoms with Gasteiger partial charge in [-0.3, -0.25) is 0 Å². The van der Waals surface area contributed by atoms with Crippen LogP contribution < -0.4 is 0 Å². The Morgan fingerprint density at radius 1 is 1.09 bits per heavy atom. The molecule has 0 bridgehead atoms. The number of aliphatic hydroxyl groups excluding tert-OH is 1. The molecule has 1 N–H and O–H groups in total. The van der Waals surface area contributed by atoms with Crippen LogP contribution in [0.2, 0.25) is 0 Å². The maximum absolute atomic E-state index is 9.28. The highest BCUT2D eigenvalue weighted by atomic mass is 16.3. The third-order valence-electron chi connectivity index (χ3n) is 2.25. The molecule has 0 aromatic carbocycles. The molecule has 0 saturated carbocycles. The molecule has 11 heavy (non-hydrogen) atoms. The molecule has 1 nitrogen and oxygen atoms in total. The molecular formula is C10H22O. The number of aliphatic hydroxyl groups is 1. The van der Waals surface area contributed by atoms with Gasteiger partial charge < -0.3 is 5.11 Å². The fourth-order valence-electron chi connectivity index (χ4n) is 1.32. The summed E-state index contributed by atoms with van der Waals surface area (Å²) in [5, 5.41) is 9.28. The number of hydrogen-bond donors (Lipinski definition) is 1. The van der Waals surface area contributed by atoms with Crippen molar-refractivity contribution in [3.8, 4) is 0 Å². The van der Waals surface area contributed by atoms with Crippen LogP contribution in [0.4, 0.5) is 0 Å². The van der Waals surface area contributed by atoms with Crippen LogP contribution in [0, 0.1) is 5.92 Å². The predicted octanol–water partition coefficient (Wildman–Crippen LogP) is 2.97. The monoisotopic (exact) mass is 158 g/mol. The van der Waals surface area contributed by atoms with Gasteiger partial charge >= 0.3 is 0 Å². The van der Waals surface area contributed by atoms with Crippen molar-refractivity contribution in [1.29, 1.82) is 0 Å². The second-order valence-corrected chi connectivity index (χ2v) is 3.53. The van der Waals surface area contributed by atoms with Crippen LogP contribution in [0.15, 0.2) is 0 Å². The molecule has 0 heterocycles. The first-order valence-electron chi connectivity index (χ1n) is 4.88. The van der Waals surface area contributed by atoms with E-state index in [1.54, 1.807) is 0 Å². The summed E-state index contributed by atoms with van der Waals surface area (Å²) in [6.07, 6.45) is 5.58. The zero-order valence-electron chi connectivity index (χ0n) is 8.14. The van der Waals surface area contributed by atoms with Gasteiger partial charge in [0.15, 0.2) is 0 Å². The third kappa shape index (κ3) is 6.36. The van der Waals surface area contributed by atoms with Crippen molar-refractivity contribution in [3.05, 3.63) is 0 Å². The van der Waals surface area contributed by atoms with Crippen molar-refractivity contribution in [1.82, 2.24) is 0 Å². The summed E-state index contributed by atoms with van der Waals surface area (Å²) in [7, 11) is 0. The zero-order valence-corrected chi connectivity index (χ0v) is 8.14. The summed E-state index contributed by atoms with van der Waals surface area (Å²) in [6, 6.07) is 0. The van der Waals surface area contributed by atoms with Crippen LogP contribution in [-0.2, 0) is 0 Å². The van der Waals surface area contributed by atoms with Crippen LogP contribution in [0.1, 0.15) is 52.9 Å². The lowest BCUT2D eigenvalue weighted by Gasteiger charge is -2.12. The van der Waals surface area contributed by atoms with Gasteiger partial charge in [0.05, 0.1) is 6.10 Å². The smallest absolute Gasteiger partial charge is 0.0537 e. The van der Waals surface area contributed by atoms with E-state index in [4.69, 9.17) is 0 Å². The van der Waals surface area contributed by atoms with E-state index in [1.165, 1.54) is 19.3 Å². The quantitative estimate of drug-likeness (QED) is 0.630. The van der Waals surface area contributed by atoms with E-state index in [0.717, 1.165) is 18.8 Å². The lowest BCUT2D eigenvalue weighted by molar-refractivity contribution is 0.150. The van der Waals surface area contributed by atoms with E-state index in [-0.39, 0.29) is 6.10 Å². The summed E-state index contributed by atoms with van der Waals surface area (Å²) < 4.78 is 0. The van der Waals surface area contributed by atoms with Crippen molar-refractivity contribution >= 4 is 0 Å². The first-order valence-corrected chi connectivity index (χ1v) is 4.88. The van der Waals surface area contributed by atoms with E-state index in [1.807, 2.05) is 6.92 Å². The summed E-state index contributed by atoms with van der Waals surface area (Å²) >= 11 is 0. The van der Waals surface area contributed by atoms with Crippen LogP contribution in [0.3, 0.4) is 0 Å². The Labute approximate surface area is 70.8 Å². The topological polar surface area (TPSA) is 20.2 Å². The predicted molar refractivity (Wildman–Crippen MR) is 49.6 cm³/mol. The van der Waals surface area contributed by atoms with Gasteiger partial charge in [-0.15, -0.1) is 0 Å². The van der Waals surface area contributed by atoms with Crippen LogP contribution >= 0.6 is 0 Å². The van der Waals surface area contributed by atoms with Gasteiger partial charge in [0.2, 0.25) is 0 Å². The Bertz CT molecular complexity index is 80.9. The first-order chi connectivity index (χ1) is 5.20. The van der Waals surface area contributed by atoms with Gasteiger partial charge in [0, 0.05) is 0 Å². The Kier molecular flexibility index (Phi) is 6.63. The van der Waals surface area contributed by atoms with Crippen molar-refractivity contribution < 1.29 is 5.11 Å². The molecule has 0 radical (unpaired) electrons. The molecule has 1 heteroatoms. The maximum atomic E-state index is 9.28. The van der Waals surface area contributed by atoms with Gasteiger partial charge in [0.1, 0.15) is 0 Å². The largest absolute Gasteiger partial charge is 0.393 e. The zero-order chi connectivity index (χ0) is 8.69. The minimum Gasteiger partial charge on any atom is -0.393 e. The standard InChI is InChI=1S/C10H22O/c1-4-6-9(3)7-8-10(11)5-2/h9-11H,4-8H2,1-3H3/t9-,10?/m1/s1. The Morgan fingerprint density at radius 3 is 2.18 bits per heavy atom. The minimum absolute atomic E-state index is 0.0608. The Hall–Kier alpha value is -0.0400. The molecular weight excluding hydrogens is 136 g/mol. The molecule has 0 rings (SSSR count). The summed E-state index contributed by atoms with van der Waals surface area (Å²) in [4.78, 5) is 0. The highest BCUT2D eigenvalue weighted by Gasteiger charge is 2.04. The highest BCUT2D eigenvalue weighted by molar-refractivity contribution is 4.57. The average Bonchev–Trinajstić information content (AvgIpc) is 2.01. The SMILES string of the molecule is CCC[C@@H](C)CCC(O)CC. The summed E-state index contributed by atoms with van der Waals surface area (Å²) in [5.41, 5.74) is 0. The first kappa shape index (κ1) is 11.0. The molecule has 0 fully saturated rings. The Morgan fingerprint density at radius 2 is 1.73 bits per heavy atom. The lowest BCUT2D eigenvalue weighted by Crippen LogP contribution is -2.06. The molecule has 0 amide bonds. The van der Waals surface area contributed by atoms with Gasteiger partial charge in [-0.25, -0.2) is 0 Å². The molecule has 0 aromatic heterocycles. The van der Waals surface area contributed by atoms with Crippen LogP contribution in [-0.4, -0.2) is 11.2 Å². The third-order valence-corrected chi connectivity index (χ3v) is 2.25. The van der Waals surface area contributed by atoms with Gasteiger partial charge in [-0.05, 0) is 25.2 Å². The highest BCUT2D eigenvalue weighted by Crippen LogP contribution is 2.14. The fraction of sp³-hybridized carbons (Fsp3) is 1.00. The molecule has 0 aliphatic heterocycles. The van der Waals surface area contributed by atoms with Gasteiger partial charge in [0.25, 0.3) is 0 Å². The second-order valence-electron chi connectivity index (χ2n) is 3.53. The van der Waals surface area contributed by atoms with Crippen molar-refractivity contribution in [2.75, 3.05) is 0 Å². The van der Waals surface area contributed by atoms with E-state index >= 15 is 0 Å². The minimum atomic E-state index is -0.0608. The van der Waals surface area contributed by atoms with Crippen molar-refractivity contribution in [2.45, 2.75) is 59.0 Å². The molecule has 68 valence electrons. The Balaban J connectivity index is 3.22. The van der Waals surface area contributed by atoms with Gasteiger partial charge in [-0.2, -0.15) is 0 Å². The normalized spacial score (nSPS) is 16.4. The fourth-order valence-corrected chi connectivity index (χ4v) is 1.32. The molecule has 2 atom stereocenters. The summed E-state index contributed by atoms with van der Waals surface area (Å²) in [5.74, 6) is 0.793. The van der Waals surface area contributed by atoms with Gasteiger partial charge in [-0.1, -0.05) is 33.6 Å². The molecule has 0 aliphatic rings. The van der Waals surface area contributed by atoms with Crippen molar-refractivity contribution in [3.63, 3.8) is 0 Å². The number of rotatable bonds is 6. The summed E-state index contributed by atoms with van der Waals surface area (Å²) in [6.45, 7) is 6.52. The van der Waals surface area contributed by atoms with Crippen LogP contribution in [0.5, 0.6) is 0 Å². The number of hydrogen-bond acceptors (Lipinski definition) is 1. The van der Waals surface area contributed by atoms with Crippen LogP contribution in [0.25, 0.3) is 0 Å². The van der Waals surface area contributed by atoms with E-state index in [2.05, 4.69) is 13.8 Å². The molecule has 0 aliphatic carbocycles. The molecule has 0 aromatic rings. The maximum Gasteiger partial charge on any atom is 0.0537 e. The molecule has 1 unspecified atom stereocenters. The average molecular weight is 158 g/mol. The van der Waals surface area contributed by atoms with Crippen molar-refractivity contribution in [2.24, 2.45) is 5.92 Å². The molecule has 0 spiro atoms. The van der Waals surface area contributed by atoms with E-state index in [0.29, 0.717) is 0 Å². The molecule has 0 saturated heterocycles. The van der Waals surface area contributed by atoms with E-state index < -0.39 is 0 Å².